The average Bonchev–Trinajstić information content (AvgIpc) is 3.31. The maximum absolute atomic E-state index is 12.2. The van der Waals surface area contributed by atoms with Crippen LogP contribution in [0, 0.1) is 0 Å². The molecule has 0 saturated heterocycles. The minimum absolute atomic E-state index is 0.0865. The molecular formula is C18H15N5O2S. The molecule has 3 aromatic heterocycles. The third-order valence-electron chi connectivity index (χ3n) is 3.86. The third-order valence-corrected chi connectivity index (χ3v) is 4.75. The van der Waals surface area contributed by atoms with Gasteiger partial charge in [0.25, 0.3) is 5.56 Å². The first kappa shape index (κ1) is 16.2. The monoisotopic (exact) mass is 365 g/mol. The number of H-pyrrole nitrogens is 1. The highest BCUT2D eigenvalue weighted by Crippen LogP contribution is 2.20. The summed E-state index contributed by atoms with van der Waals surface area (Å²) in [5.74, 6) is 0.385. The van der Waals surface area contributed by atoms with E-state index in [0.717, 1.165) is 15.9 Å². The van der Waals surface area contributed by atoms with E-state index in [9.17, 15) is 9.59 Å². The first-order valence-corrected chi connectivity index (χ1v) is 8.88. The Bertz CT molecular complexity index is 1080. The number of nitrogens with zero attached hydrogens (tertiary/aromatic N) is 3. The predicted octanol–water partition coefficient (Wildman–Crippen LogP) is 2.16. The third kappa shape index (κ3) is 3.40. The second-order valence-corrected chi connectivity index (χ2v) is 6.64. The number of carbonyl (C=O) groups is 1. The number of imidazole rings is 1. The number of aromatic amines is 1. The number of amides is 1. The van der Waals surface area contributed by atoms with Crippen molar-refractivity contribution in [1.82, 2.24) is 24.8 Å². The standard InChI is InChI=1S/C18H15N5O2S/c24-17(19-9-16-21-12-4-1-2-5-13(12)22-16)10-23-11-20-14(8-18(23)25)15-6-3-7-26-15/h1-8,11H,9-10H2,(H,19,24)(H,21,22). The summed E-state index contributed by atoms with van der Waals surface area (Å²) >= 11 is 1.51. The molecule has 7 nitrogen and oxygen atoms in total. The number of nitrogens with one attached hydrogen (secondary N) is 2. The lowest BCUT2D eigenvalue weighted by atomic mass is 10.3. The largest absolute Gasteiger partial charge is 0.347 e. The zero-order chi connectivity index (χ0) is 17.9. The molecule has 130 valence electrons. The Kier molecular flexibility index (Phi) is 4.32. The van der Waals surface area contributed by atoms with Crippen LogP contribution < -0.4 is 10.9 Å². The van der Waals surface area contributed by atoms with E-state index in [4.69, 9.17) is 0 Å². The van der Waals surface area contributed by atoms with Crippen molar-refractivity contribution in [3.63, 3.8) is 0 Å². The summed E-state index contributed by atoms with van der Waals surface area (Å²) in [7, 11) is 0. The van der Waals surface area contributed by atoms with Gasteiger partial charge in [0.15, 0.2) is 0 Å². The van der Waals surface area contributed by atoms with Gasteiger partial charge in [0.1, 0.15) is 12.4 Å². The lowest BCUT2D eigenvalue weighted by Crippen LogP contribution is -2.32. The van der Waals surface area contributed by atoms with Crippen molar-refractivity contribution < 1.29 is 4.79 Å². The van der Waals surface area contributed by atoms with Gasteiger partial charge in [-0.25, -0.2) is 9.97 Å². The van der Waals surface area contributed by atoms with E-state index >= 15 is 0 Å². The molecule has 0 bridgehead atoms. The van der Waals surface area contributed by atoms with Crippen molar-refractivity contribution in [3.05, 3.63) is 70.4 Å². The van der Waals surface area contributed by atoms with Crippen LogP contribution in [-0.2, 0) is 17.9 Å². The fourth-order valence-corrected chi connectivity index (χ4v) is 3.28. The number of hydrogen-bond acceptors (Lipinski definition) is 5. The molecule has 0 aliphatic heterocycles. The average molecular weight is 365 g/mol. The van der Waals surface area contributed by atoms with Crippen LogP contribution in [-0.4, -0.2) is 25.4 Å². The molecule has 8 heteroatoms. The van der Waals surface area contributed by atoms with Crippen molar-refractivity contribution in [2.75, 3.05) is 0 Å². The predicted molar refractivity (Wildman–Crippen MR) is 99.8 cm³/mol. The van der Waals surface area contributed by atoms with Gasteiger partial charge in [0.05, 0.1) is 34.5 Å². The van der Waals surface area contributed by atoms with E-state index in [1.165, 1.54) is 28.3 Å². The Balaban J connectivity index is 1.40. The van der Waals surface area contributed by atoms with Crippen molar-refractivity contribution >= 4 is 28.3 Å². The molecular weight excluding hydrogens is 350 g/mol. The van der Waals surface area contributed by atoms with Crippen LogP contribution >= 0.6 is 11.3 Å². The van der Waals surface area contributed by atoms with Crippen molar-refractivity contribution in [2.45, 2.75) is 13.1 Å². The number of aromatic nitrogens is 4. The molecule has 3 heterocycles. The normalized spacial score (nSPS) is 10.9. The molecule has 4 rings (SSSR count). The van der Waals surface area contributed by atoms with Gasteiger partial charge in [-0.05, 0) is 23.6 Å². The van der Waals surface area contributed by atoms with Gasteiger partial charge in [-0.3, -0.25) is 14.2 Å². The zero-order valence-electron chi connectivity index (χ0n) is 13.7. The minimum Gasteiger partial charge on any atom is -0.347 e. The molecule has 0 aliphatic rings. The molecule has 0 atom stereocenters. The highest BCUT2D eigenvalue weighted by Gasteiger charge is 2.09. The summed E-state index contributed by atoms with van der Waals surface area (Å²) in [6, 6.07) is 12.9. The van der Waals surface area contributed by atoms with Crippen molar-refractivity contribution in [1.29, 1.82) is 0 Å². The fourth-order valence-electron chi connectivity index (χ4n) is 2.59. The number of benzene rings is 1. The second-order valence-electron chi connectivity index (χ2n) is 5.69. The second kappa shape index (κ2) is 6.93. The smallest absolute Gasteiger partial charge is 0.254 e. The summed E-state index contributed by atoms with van der Waals surface area (Å²) in [6.07, 6.45) is 1.40. The van der Waals surface area contributed by atoms with E-state index < -0.39 is 0 Å². The Morgan fingerprint density at radius 3 is 2.88 bits per heavy atom. The number of fused-ring (bicyclic) bond motifs is 1. The first-order chi connectivity index (χ1) is 12.7. The number of para-hydroxylation sites is 2. The van der Waals surface area contributed by atoms with Gasteiger partial charge in [0, 0.05) is 6.07 Å². The van der Waals surface area contributed by atoms with Gasteiger partial charge in [-0.2, -0.15) is 0 Å². The Hall–Kier alpha value is -3.26. The number of carbonyl (C=O) groups excluding carboxylic acids is 1. The summed E-state index contributed by atoms with van der Waals surface area (Å²) in [4.78, 5) is 37.0. The SMILES string of the molecule is O=C(Cn1cnc(-c2cccs2)cc1=O)NCc1nc2ccccc2[nH]1. The molecule has 1 aromatic carbocycles. The quantitative estimate of drug-likeness (QED) is 0.567. The minimum atomic E-state index is -0.279. The van der Waals surface area contributed by atoms with E-state index in [-0.39, 0.29) is 24.6 Å². The van der Waals surface area contributed by atoms with E-state index in [0.29, 0.717) is 11.5 Å². The molecule has 2 N–H and O–H groups in total. The van der Waals surface area contributed by atoms with Crippen molar-refractivity contribution in [3.8, 4) is 10.6 Å². The summed E-state index contributed by atoms with van der Waals surface area (Å²) in [5.41, 5.74) is 2.12. The maximum Gasteiger partial charge on any atom is 0.254 e. The van der Waals surface area contributed by atoms with Crippen molar-refractivity contribution in [2.24, 2.45) is 0 Å². The fraction of sp³-hybridized carbons (Fsp3) is 0.111. The highest BCUT2D eigenvalue weighted by atomic mass is 32.1. The molecule has 1 amide bonds. The number of rotatable bonds is 5. The Labute approximate surface area is 152 Å². The summed E-state index contributed by atoms with van der Waals surface area (Å²) < 4.78 is 1.28. The molecule has 0 saturated carbocycles. The van der Waals surface area contributed by atoms with Crippen LogP contribution in [0.2, 0.25) is 0 Å². The van der Waals surface area contributed by atoms with Gasteiger partial charge in [-0.1, -0.05) is 18.2 Å². The van der Waals surface area contributed by atoms with Crippen LogP contribution in [0.15, 0.2) is 59.0 Å². The summed E-state index contributed by atoms with van der Waals surface area (Å²) in [5, 5.41) is 4.68. The van der Waals surface area contributed by atoms with Crippen LogP contribution in [0.1, 0.15) is 5.82 Å². The maximum atomic E-state index is 12.2. The topological polar surface area (TPSA) is 92.7 Å². The number of thiophene rings is 1. The van der Waals surface area contributed by atoms with Crippen LogP contribution in [0.3, 0.4) is 0 Å². The van der Waals surface area contributed by atoms with E-state index in [2.05, 4.69) is 20.3 Å². The molecule has 0 unspecified atom stereocenters. The molecule has 26 heavy (non-hydrogen) atoms. The van der Waals surface area contributed by atoms with E-state index in [1.54, 1.807) is 0 Å². The molecule has 0 fully saturated rings. The molecule has 0 aliphatic carbocycles. The Morgan fingerprint density at radius 1 is 1.23 bits per heavy atom. The van der Waals surface area contributed by atoms with E-state index in [1.807, 2.05) is 41.8 Å². The van der Waals surface area contributed by atoms with Crippen LogP contribution in [0.25, 0.3) is 21.6 Å². The van der Waals surface area contributed by atoms with Crippen LogP contribution in [0.4, 0.5) is 0 Å². The first-order valence-electron chi connectivity index (χ1n) is 8.00. The molecule has 4 aromatic rings. The van der Waals surface area contributed by atoms with Crippen LogP contribution in [0.5, 0.6) is 0 Å². The highest BCUT2D eigenvalue weighted by molar-refractivity contribution is 7.13. The Morgan fingerprint density at radius 2 is 2.12 bits per heavy atom. The zero-order valence-corrected chi connectivity index (χ0v) is 14.5. The lowest BCUT2D eigenvalue weighted by Gasteiger charge is -2.06. The molecule has 0 spiro atoms. The van der Waals surface area contributed by atoms with Gasteiger partial charge in [0.2, 0.25) is 5.91 Å². The van der Waals surface area contributed by atoms with Gasteiger partial charge < -0.3 is 10.3 Å². The van der Waals surface area contributed by atoms with Gasteiger partial charge >= 0.3 is 0 Å². The molecule has 0 radical (unpaired) electrons. The summed E-state index contributed by atoms with van der Waals surface area (Å²) in [6.45, 7) is 0.180. The lowest BCUT2D eigenvalue weighted by molar-refractivity contribution is -0.121. The number of hydrogen-bond donors (Lipinski definition) is 2. The van der Waals surface area contributed by atoms with Gasteiger partial charge in [-0.15, -0.1) is 11.3 Å².